The Balaban J connectivity index is 0. The second-order valence-electron chi connectivity index (χ2n) is 5.90. The Hall–Kier alpha value is -0.660. The molecule has 3 amide bonds. The van der Waals surface area contributed by atoms with Gasteiger partial charge in [-0.05, 0) is 38.8 Å². The van der Waals surface area contributed by atoms with E-state index in [9.17, 15) is 9.59 Å². The van der Waals surface area contributed by atoms with Crippen LogP contribution in [0.4, 0.5) is 4.79 Å². The third kappa shape index (κ3) is 14.9. The normalized spacial score (nSPS) is 10.7. The minimum atomic E-state index is -0.814. The highest BCUT2D eigenvalue weighted by molar-refractivity contribution is 9.10. The van der Waals surface area contributed by atoms with Gasteiger partial charge in [0, 0.05) is 0 Å². The molecule has 0 spiro atoms. The van der Waals surface area contributed by atoms with Crippen LogP contribution in [-0.2, 0) is 4.79 Å². The van der Waals surface area contributed by atoms with Crippen molar-refractivity contribution in [3.8, 4) is 0 Å². The Morgan fingerprint density at radius 1 is 0.833 bits per heavy atom. The molecule has 0 aliphatic rings. The SMILES string of the molecule is CCC(Br)(CC)C(=O)NC(N)=O.NCCCCCCCCCCN. The van der Waals surface area contributed by atoms with Gasteiger partial charge in [0.2, 0.25) is 5.91 Å². The quantitative estimate of drug-likeness (QED) is 0.292. The average molecular weight is 409 g/mol. The maximum absolute atomic E-state index is 11.3. The minimum Gasteiger partial charge on any atom is -0.351 e. The molecule has 0 atom stereocenters. The molecule has 0 radical (unpaired) electrons. The summed E-state index contributed by atoms with van der Waals surface area (Å²) in [5.41, 5.74) is 15.6. The number of rotatable bonds is 12. The van der Waals surface area contributed by atoms with E-state index in [4.69, 9.17) is 17.2 Å². The van der Waals surface area contributed by atoms with Crippen molar-refractivity contribution in [1.82, 2.24) is 5.32 Å². The van der Waals surface area contributed by atoms with Crippen LogP contribution in [0.5, 0.6) is 0 Å². The Morgan fingerprint density at radius 3 is 1.42 bits per heavy atom. The maximum Gasteiger partial charge on any atom is 0.318 e. The molecule has 0 aliphatic heterocycles. The molecular weight excluding hydrogens is 372 g/mol. The van der Waals surface area contributed by atoms with Gasteiger partial charge in [-0.2, -0.15) is 0 Å². The molecular formula is C17H37BrN4O2. The number of unbranched alkanes of at least 4 members (excludes halogenated alkanes) is 7. The number of halogens is 1. The zero-order chi connectivity index (χ0) is 18.8. The molecule has 6 nitrogen and oxygen atoms in total. The summed E-state index contributed by atoms with van der Waals surface area (Å²) < 4.78 is -0.665. The number of urea groups is 1. The lowest BCUT2D eigenvalue weighted by Crippen LogP contribution is -2.46. The van der Waals surface area contributed by atoms with Crippen molar-refractivity contribution in [2.45, 2.75) is 82.4 Å². The molecule has 0 saturated heterocycles. The van der Waals surface area contributed by atoms with Crippen LogP contribution >= 0.6 is 15.9 Å². The first-order valence-corrected chi connectivity index (χ1v) is 9.87. The summed E-state index contributed by atoms with van der Waals surface area (Å²) in [5, 5.41) is 2.04. The number of hydrogen-bond acceptors (Lipinski definition) is 4. The standard InChI is InChI=1S/C10H24N2.C7H13BrN2O2/c11-9-7-5-3-1-2-4-6-8-10-12;1-3-7(8,4-2)5(11)10-6(9)12/h1-12H2;3-4H2,1-2H3,(H3,9,10,11,12). The molecule has 0 aromatic rings. The highest BCUT2D eigenvalue weighted by Gasteiger charge is 2.32. The van der Waals surface area contributed by atoms with Crippen molar-refractivity contribution in [3.63, 3.8) is 0 Å². The number of carbonyl (C=O) groups excluding carboxylic acids is 2. The zero-order valence-corrected chi connectivity index (χ0v) is 17.0. The monoisotopic (exact) mass is 408 g/mol. The number of alkyl halides is 1. The number of nitrogens with one attached hydrogen (secondary N) is 1. The highest BCUT2D eigenvalue weighted by atomic mass is 79.9. The molecule has 0 bridgehead atoms. The van der Waals surface area contributed by atoms with E-state index in [1.54, 1.807) is 0 Å². The van der Waals surface area contributed by atoms with E-state index in [2.05, 4.69) is 15.9 Å². The molecule has 0 aromatic carbocycles. The fraction of sp³-hybridized carbons (Fsp3) is 0.882. The highest BCUT2D eigenvalue weighted by Crippen LogP contribution is 2.26. The van der Waals surface area contributed by atoms with Crippen molar-refractivity contribution >= 4 is 27.9 Å². The second kappa shape index (κ2) is 17.2. The molecule has 144 valence electrons. The average Bonchev–Trinajstić information content (AvgIpc) is 2.56. The van der Waals surface area contributed by atoms with Gasteiger partial charge in [0.15, 0.2) is 0 Å². The van der Waals surface area contributed by atoms with E-state index < -0.39 is 10.4 Å². The van der Waals surface area contributed by atoms with Crippen LogP contribution in [0.15, 0.2) is 0 Å². The third-order valence-electron chi connectivity index (χ3n) is 3.92. The van der Waals surface area contributed by atoms with Crippen LogP contribution in [0.25, 0.3) is 0 Å². The lowest BCUT2D eigenvalue weighted by molar-refractivity contribution is -0.122. The van der Waals surface area contributed by atoms with Crippen LogP contribution < -0.4 is 22.5 Å². The first-order chi connectivity index (χ1) is 11.4. The van der Waals surface area contributed by atoms with E-state index in [0.29, 0.717) is 12.8 Å². The van der Waals surface area contributed by atoms with Gasteiger partial charge in [-0.1, -0.05) is 68.3 Å². The number of amides is 3. The van der Waals surface area contributed by atoms with Gasteiger partial charge < -0.3 is 17.2 Å². The Labute approximate surface area is 155 Å². The summed E-state index contributed by atoms with van der Waals surface area (Å²) >= 11 is 3.26. The first-order valence-electron chi connectivity index (χ1n) is 9.07. The van der Waals surface area contributed by atoms with Gasteiger partial charge in [-0.15, -0.1) is 0 Å². The minimum absolute atomic E-state index is 0.375. The second-order valence-corrected chi connectivity index (χ2v) is 7.41. The molecule has 0 rings (SSSR count). The summed E-state index contributed by atoms with van der Waals surface area (Å²) in [7, 11) is 0. The third-order valence-corrected chi connectivity index (χ3v) is 5.40. The smallest absolute Gasteiger partial charge is 0.318 e. The Kier molecular flexibility index (Phi) is 18.3. The van der Waals surface area contributed by atoms with Crippen LogP contribution in [0.2, 0.25) is 0 Å². The number of imide groups is 1. The molecule has 24 heavy (non-hydrogen) atoms. The summed E-state index contributed by atoms with van der Waals surface area (Å²) in [6.07, 6.45) is 11.7. The largest absolute Gasteiger partial charge is 0.351 e. The first kappa shape index (κ1) is 25.6. The summed E-state index contributed by atoms with van der Waals surface area (Å²) in [4.78, 5) is 21.6. The zero-order valence-electron chi connectivity index (χ0n) is 15.4. The Bertz CT molecular complexity index is 314. The van der Waals surface area contributed by atoms with Gasteiger partial charge in [-0.25, -0.2) is 4.79 Å². The van der Waals surface area contributed by atoms with Gasteiger partial charge in [0.05, 0.1) is 0 Å². The van der Waals surface area contributed by atoms with Crippen LogP contribution in [0, 0.1) is 0 Å². The number of hydrogen-bond donors (Lipinski definition) is 4. The van der Waals surface area contributed by atoms with Crippen LogP contribution in [-0.4, -0.2) is 29.4 Å². The van der Waals surface area contributed by atoms with Crippen molar-refractivity contribution < 1.29 is 9.59 Å². The van der Waals surface area contributed by atoms with E-state index in [1.807, 2.05) is 19.2 Å². The molecule has 7 N–H and O–H groups in total. The fourth-order valence-electron chi connectivity index (χ4n) is 2.14. The van der Waals surface area contributed by atoms with Gasteiger partial charge in [0.25, 0.3) is 0 Å². The summed E-state index contributed by atoms with van der Waals surface area (Å²) in [6, 6.07) is -0.814. The van der Waals surface area contributed by atoms with Crippen molar-refractivity contribution in [2.75, 3.05) is 13.1 Å². The van der Waals surface area contributed by atoms with Gasteiger partial charge >= 0.3 is 6.03 Å². The molecule has 0 saturated carbocycles. The molecule has 0 fully saturated rings. The Morgan fingerprint density at radius 2 is 1.17 bits per heavy atom. The lowest BCUT2D eigenvalue weighted by atomic mass is 10.0. The summed E-state index contributed by atoms with van der Waals surface area (Å²) in [5.74, 6) is -0.375. The van der Waals surface area contributed by atoms with E-state index >= 15 is 0 Å². The molecule has 0 aromatic heterocycles. The maximum atomic E-state index is 11.3. The lowest BCUT2D eigenvalue weighted by Gasteiger charge is -2.21. The summed E-state index contributed by atoms with van der Waals surface area (Å²) in [6.45, 7) is 5.43. The van der Waals surface area contributed by atoms with Crippen LogP contribution in [0.1, 0.15) is 78.1 Å². The predicted molar refractivity (Wildman–Crippen MR) is 105 cm³/mol. The number of nitrogens with two attached hydrogens (primary N) is 3. The number of carbonyl (C=O) groups is 2. The van der Waals surface area contributed by atoms with E-state index in [0.717, 1.165) is 13.1 Å². The molecule has 7 heteroatoms. The molecule has 0 heterocycles. The molecule has 0 unspecified atom stereocenters. The van der Waals surface area contributed by atoms with E-state index in [1.165, 1.54) is 51.4 Å². The fourth-order valence-corrected chi connectivity index (χ4v) is 2.24. The van der Waals surface area contributed by atoms with Crippen molar-refractivity contribution in [2.24, 2.45) is 17.2 Å². The van der Waals surface area contributed by atoms with Gasteiger partial charge in [-0.3, -0.25) is 10.1 Å². The topological polar surface area (TPSA) is 124 Å². The van der Waals surface area contributed by atoms with Gasteiger partial charge in [0.1, 0.15) is 4.32 Å². The predicted octanol–water partition coefficient (Wildman–Crippen LogP) is 3.16. The number of primary amides is 1. The molecule has 0 aliphatic carbocycles. The van der Waals surface area contributed by atoms with Crippen LogP contribution in [0.3, 0.4) is 0 Å². The van der Waals surface area contributed by atoms with E-state index in [-0.39, 0.29) is 5.91 Å². The van der Waals surface area contributed by atoms with Crippen molar-refractivity contribution in [3.05, 3.63) is 0 Å². The van der Waals surface area contributed by atoms with Crippen molar-refractivity contribution in [1.29, 1.82) is 0 Å².